The number of carbonyl (C=O) groups is 3. The van der Waals surface area contributed by atoms with Crippen LogP contribution in [0.5, 0.6) is 0 Å². The molecule has 4 rings (SSSR count). The minimum absolute atomic E-state index is 0.00873. The van der Waals surface area contributed by atoms with Crippen LogP contribution in [0.2, 0.25) is 0 Å². The summed E-state index contributed by atoms with van der Waals surface area (Å²) in [5.74, 6) is -1.71. The van der Waals surface area contributed by atoms with Crippen molar-refractivity contribution in [3.05, 3.63) is 70.6 Å². The quantitative estimate of drug-likeness (QED) is 0.306. The number of hydrogen-bond donors (Lipinski definition) is 2. The summed E-state index contributed by atoms with van der Waals surface area (Å²) < 4.78 is 28.1. The van der Waals surface area contributed by atoms with Crippen molar-refractivity contribution in [2.75, 3.05) is 24.2 Å². The lowest BCUT2D eigenvalue weighted by Crippen LogP contribution is -2.37. The van der Waals surface area contributed by atoms with Gasteiger partial charge in [0.2, 0.25) is 11.0 Å². The van der Waals surface area contributed by atoms with E-state index in [1.54, 1.807) is 24.3 Å². The van der Waals surface area contributed by atoms with Crippen LogP contribution < -0.4 is 10.6 Å². The number of carbonyl (C=O) groups excluding carboxylic acids is 3. The van der Waals surface area contributed by atoms with Gasteiger partial charge in [0.15, 0.2) is 4.34 Å². The Labute approximate surface area is 211 Å². The fourth-order valence-electron chi connectivity index (χ4n) is 2.91. The number of benzene rings is 2. The van der Waals surface area contributed by atoms with E-state index in [1.807, 2.05) is 0 Å². The van der Waals surface area contributed by atoms with Gasteiger partial charge in [-0.3, -0.25) is 19.3 Å². The number of amides is 3. The Hall–Kier alpha value is -3.29. The second kappa shape index (κ2) is 11.4. The Bertz CT molecular complexity index is 1300. The highest BCUT2D eigenvalue weighted by Gasteiger charge is 2.34. The predicted octanol–water partition coefficient (Wildman–Crippen LogP) is 4.50. The molecule has 0 atom stereocenters. The second-order valence-corrected chi connectivity index (χ2v) is 10.2. The van der Waals surface area contributed by atoms with Crippen LogP contribution in [0.25, 0.3) is 6.08 Å². The van der Waals surface area contributed by atoms with Gasteiger partial charge in [-0.05, 0) is 36.0 Å². The molecule has 0 bridgehead atoms. The van der Waals surface area contributed by atoms with Crippen LogP contribution in [0, 0.1) is 11.6 Å². The van der Waals surface area contributed by atoms with E-state index in [9.17, 15) is 23.2 Å². The van der Waals surface area contributed by atoms with Crippen molar-refractivity contribution in [3.8, 4) is 0 Å². The van der Waals surface area contributed by atoms with Gasteiger partial charge in [-0.2, -0.15) is 0 Å². The van der Waals surface area contributed by atoms with E-state index in [4.69, 9.17) is 0 Å². The Morgan fingerprint density at radius 3 is 2.57 bits per heavy atom. The van der Waals surface area contributed by atoms with Crippen molar-refractivity contribution in [2.24, 2.45) is 0 Å². The summed E-state index contributed by atoms with van der Waals surface area (Å²) in [6.45, 7) is 0.0613. The third-order valence-corrected chi connectivity index (χ3v) is 7.45. The number of nitrogens with one attached hydrogen (secondary N) is 2. The van der Waals surface area contributed by atoms with Crippen LogP contribution in [0.4, 0.5) is 24.4 Å². The number of imide groups is 1. The number of aromatic nitrogens is 2. The minimum atomic E-state index is -0.532. The molecule has 3 aromatic rings. The SMILES string of the molecule is O=C(CSc1nnc(Nc2ccccc2F)s1)NCCN1C(=O)S/C(=C/c2ccccc2F)C1=O. The number of rotatable bonds is 9. The number of thioether (sulfide) groups is 2. The average Bonchev–Trinajstić information content (AvgIpc) is 3.40. The van der Waals surface area contributed by atoms with E-state index in [1.165, 1.54) is 41.7 Å². The molecule has 2 N–H and O–H groups in total. The van der Waals surface area contributed by atoms with E-state index in [-0.39, 0.29) is 40.9 Å². The van der Waals surface area contributed by atoms with E-state index < -0.39 is 22.8 Å². The fourth-order valence-corrected chi connectivity index (χ4v) is 5.36. The van der Waals surface area contributed by atoms with Gasteiger partial charge < -0.3 is 10.6 Å². The van der Waals surface area contributed by atoms with Crippen molar-refractivity contribution in [3.63, 3.8) is 0 Å². The molecule has 2 aromatic carbocycles. The molecule has 0 unspecified atom stereocenters. The molecule has 8 nitrogen and oxygen atoms in total. The summed E-state index contributed by atoms with van der Waals surface area (Å²) in [5.41, 5.74) is 0.487. The van der Waals surface area contributed by atoms with E-state index in [0.29, 0.717) is 9.47 Å². The Morgan fingerprint density at radius 1 is 1.06 bits per heavy atom. The van der Waals surface area contributed by atoms with Crippen molar-refractivity contribution < 1.29 is 23.2 Å². The first kappa shape index (κ1) is 24.8. The maximum Gasteiger partial charge on any atom is 0.293 e. The second-order valence-electron chi connectivity index (χ2n) is 6.97. The fraction of sp³-hybridized carbons (Fsp3) is 0.136. The minimum Gasteiger partial charge on any atom is -0.354 e. The largest absolute Gasteiger partial charge is 0.354 e. The molecule has 1 saturated heterocycles. The maximum atomic E-state index is 13.8. The molecule has 35 heavy (non-hydrogen) atoms. The third kappa shape index (κ3) is 6.44. The van der Waals surface area contributed by atoms with Gasteiger partial charge in [0.25, 0.3) is 11.1 Å². The van der Waals surface area contributed by atoms with Crippen molar-refractivity contribution in [1.82, 2.24) is 20.4 Å². The van der Waals surface area contributed by atoms with Gasteiger partial charge in [0.05, 0.1) is 16.3 Å². The van der Waals surface area contributed by atoms with Crippen LogP contribution >= 0.6 is 34.9 Å². The van der Waals surface area contributed by atoms with Crippen molar-refractivity contribution >= 4 is 68.8 Å². The number of hydrogen-bond acceptors (Lipinski definition) is 9. The maximum absolute atomic E-state index is 13.8. The zero-order valence-corrected chi connectivity index (χ0v) is 20.3. The zero-order chi connectivity index (χ0) is 24.8. The van der Waals surface area contributed by atoms with Gasteiger partial charge in [0.1, 0.15) is 11.6 Å². The van der Waals surface area contributed by atoms with Gasteiger partial charge in [0, 0.05) is 18.7 Å². The molecule has 0 saturated carbocycles. The first-order chi connectivity index (χ1) is 16.9. The van der Waals surface area contributed by atoms with Crippen LogP contribution in [-0.4, -0.2) is 51.0 Å². The molecule has 0 radical (unpaired) electrons. The van der Waals surface area contributed by atoms with E-state index in [2.05, 4.69) is 20.8 Å². The molecular formula is C22H17F2N5O3S3. The monoisotopic (exact) mass is 533 g/mol. The summed E-state index contributed by atoms with van der Waals surface area (Å²) in [5, 5.41) is 13.3. The molecule has 0 spiro atoms. The molecule has 1 aromatic heterocycles. The number of nitrogens with zero attached hydrogens (tertiary/aromatic N) is 3. The lowest BCUT2D eigenvalue weighted by molar-refractivity contribution is -0.123. The number of para-hydroxylation sites is 1. The molecule has 1 aliphatic heterocycles. The van der Waals surface area contributed by atoms with Gasteiger partial charge in [-0.1, -0.05) is 53.4 Å². The highest BCUT2D eigenvalue weighted by Crippen LogP contribution is 2.32. The smallest absolute Gasteiger partial charge is 0.293 e. The van der Waals surface area contributed by atoms with Gasteiger partial charge in [-0.15, -0.1) is 10.2 Å². The predicted molar refractivity (Wildman–Crippen MR) is 132 cm³/mol. The molecule has 0 aliphatic carbocycles. The molecule has 13 heteroatoms. The van der Waals surface area contributed by atoms with Crippen molar-refractivity contribution in [1.29, 1.82) is 0 Å². The summed E-state index contributed by atoms with van der Waals surface area (Å²) >= 11 is 3.06. The number of halogens is 2. The molecule has 1 aliphatic rings. The zero-order valence-electron chi connectivity index (χ0n) is 17.9. The Morgan fingerprint density at radius 2 is 1.80 bits per heavy atom. The lowest BCUT2D eigenvalue weighted by atomic mass is 10.2. The topological polar surface area (TPSA) is 104 Å². The standard InChI is InChI=1S/C22H17F2N5O3S3/c23-14-6-2-1-5-13(14)11-17-19(31)29(22(32)34-17)10-9-25-18(30)12-33-21-28-27-20(35-21)26-16-8-4-3-7-15(16)24/h1-8,11H,9-10,12H2,(H,25,30)(H,26,27)/b17-11+. The first-order valence-corrected chi connectivity index (χ1v) is 12.8. The average molecular weight is 534 g/mol. The van der Waals surface area contributed by atoms with E-state index >= 15 is 0 Å². The summed E-state index contributed by atoms with van der Waals surface area (Å²) in [6, 6.07) is 12.1. The molecule has 1 fully saturated rings. The van der Waals surface area contributed by atoms with Crippen LogP contribution in [-0.2, 0) is 9.59 Å². The molecule has 180 valence electrons. The van der Waals surface area contributed by atoms with Gasteiger partial charge >= 0.3 is 0 Å². The van der Waals surface area contributed by atoms with Gasteiger partial charge in [-0.25, -0.2) is 8.78 Å². The van der Waals surface area contributed by atoms with E-state index in [0.717, 1.165) is 28.4 Å². The Balaban J connectivity index is 1.22. The first-order valence-electron chi connectivity index (χ1n) is 10.1. The lowest BCUT2D eigenvalue weighted by Gasteiger charge is -2.12. The Kier molecular flexibility index (Phi) is 8.10. The highest BCUT2D eigenvalue weighted by molar-refractivity contribution is 8.18. The summed E-state index contributed by atoms with van der Waals surface area (Å²) in [4.78, 5) is 38.0. The summed E-state index contributed by atoms with van der Waals surface area (Å²) in [7, 11) is 0. The highest BCUT2D eigenvalue weighted by atomic mass is 32.2. The van der Waals surface area contributed by atoms with Crippen LogP contribution in [0.1, 0.15) is 5.56 Å². The van der Waals surface area contributed by atoms with Crippen LogP contribution in [0.3, 0.4) is 0 Å². The number of anilines is 2. The summed E-state index contributed by atoms with van der Waals surface area (Å²) in [6.07, 6.45) is 1.34. The normalized spacial score (nSPS) is 14.6. The third-order valence-electron chi connectivity index (χ3n) is 4.57. The molecule has 2 heterocycles. The molecular weight excluding hydrogens is 516 g/mol. The van der Waals surface area contributed by atoms with Crippen molar-refractivity contribution in [2.45, 2.75) is 4.34 Å². The molecule has 3 amide bonds. The van der Waals surface area contributed by atoms with Crippen LogP contribution in [0.15, 0.2) is 57.8 Å².